The smallest absolute Gasteiger partial charge is 0.250 e. The molecular weight excluding hydrogens is 797 g/mol. The highest BCUT2D eigenvalue weighted by atomic mass is 16.5. The topological polar surface area (TPSA) is 94.7 Å². The molecule has 328 valence electrons. The number of hydrogen-bond acceptors (Lipinski definition) is 6. The van der Waals surface area contributed by atoms with Gasteiger partial charge < -0.3 is 28.4 Å². The van der Waals surface area contributed by atoms with Gasteiger partial charge >= 0.3 is 0 Å². The molecule has 2 aliphatic carbocycles. The van der Waals surface area contributed by atoms with Gasteiger partial charge in [0.15, 0.2) is 0 Å². The van der Waals surface area contributed by atoms with E-state index in [0.717, 1.165) is 132 Å². The van der Waals surface area contributed by atoms with Crippen LogP contribution in [0.25, 0.3) is 23.5 Å². The number of aromatic nitrogens is 4. The lowest BCUT2D eigenvalue weighted by molar-refractivity contribution is -0.131. The summed E-state index contributed by atoms with van der Waals surface area (Å²) in [4.78, 5) is 39.6. The molecule has 0 spiro atoms. The number of benzene rings is 4. The molecule has 4 aliphatic rings. The molecule has 6 aromatic rings. The van der Waals surface area contributed by atoms with Crippen LogP contribution in [0, 0.1) is 27.7 Å². The molecule has 0 N–H and O–H groups in total. The van der Waals surface area contributed by atoms with Gasteiger partial charge in [0, 0.05) is 60.1 Å². The van der Waals surface area contributed by atoms with Crippen LogP contribution in [0.15, 0.2) is 109 Å². The molecular formula is C54H58N6O4. The minimum Gasteiger partial charge on any atom is -0.497 e. The third-order valence-corrected chi connectivity index (χ3v) is 13.4. The molecule has 0 bridgehead atoms. The van der Waals surface area contributed by atoms with E-state index in [1.54, 1.807) is 14.2 Å². The van der Waals surface area contributed by atoms with Crippen molar-refractivity contribution in [1.82, 2.24) is 28.9 Å². The molecule has 2 amide bonds. The van der Waals surface area contributed by atoms with E-state index < -0.39 is 0 Å². The third kappa shape index (κ3) is 8.91. The lowest BCUT2D eigenvalue weighted by Crippen LogP contribution is -2.44. The fraction of sp³-hybridized carbons (Fsp3) is 0.333. The van der Waals surface area contributed by atoms with E-state index in [4.69, 9.17) is 9.47 Å². The number of carbonyl (C=O) groups excluding carboxylic acids is 2. The average molecular weight is 855 g/mol. The zero-order valence-corrected chi connectivity index (χ0v) is 37.9. The van der Waals surface area contributed by atoms with E-state index in [0.29, 0.717) is 0 Å². The molecule has 10 heteroatoms. The van der Waals surface area contributed by atoms with Crippen LogP contribution in [0.1, 0.15) is 81.6 Å². The summed E-state index contributed by atoms with van der Waals surface area (Å²) in [6.45, 7) is 9.86. The van der Waals surface area contributed by atoms with Crippen molar-refractivity contribution in [2.75, 3.05) is 27.3 Å². The normalized spacial score (nSPS) is 19.5. The van der Waals surface area contributed by atoms with E-state index in [1.807, 2.05) is 60.2 Å². The van der Waals surface area contributed by atoms with E-state index in [-0.39, 0.29) is 23.9 Å². The molecule has 0 radical (unpaired) electrons. The maximum Gasteiger partial charge on any atom is 0.250 e. The SMILES string of the molecule is COc1ccc2c(c1)C[C@@H](N1CCC/C(=C\c3ccc(-n4cnc(C)c4)c(C)c3)C1=O)C2.COc1ccc2c(c1)C[C@H](N1CCC/C(=C\c3ccc(-n4cnc(C)c4)c(C)c3)C1=O)C2. The van der Waals surface area contributed by atoms with Crippen LogP contribution < -0.4 is 9.47 Å². The Kier molecular flexibility index (Phi) is 12.1. The van der Waals surface area contributed by atoms with Crippen molar-refractivity contribution in [2.24, 2.45) is 0 Å². The summed E-state index contributed by atoms with van der Waals surface area (Å²) in [6.07, 6.45) is 19.3. The fourth-order valence-corrected chi connectivity index (χ4v) is 10.1. The minimum absolute atomic E-state index is 0.188. The van der Waals surface area contributed by atoms with Crippen molar-refractivity contribution >= 4 is 24.0 Å². The number of aryl methyl sites for hydroxylation is 4. The first-order valence-electron chi connectivity index (χ1n) is 22.6. The van der Waals surface area contributed by atoms with Crippen molar-refractivity contribution in [1.29, 1.82) is 0 Å². The van der Waals surface area contributed by atoms with E-state index in [1.165, 1.54) is 22.3 Å². The molecule has 0 saturated carbocycles. The number of ether oxygens (including phenoxy) is 2. The van der Waals surface area contributed by atoms with Gasteiger partial charge in [0.05, 0.1) is 38.3 Å². The van der Waals surface area contributed by atoms with Gasteiger partial charge in [0.2, 0.25) is 11.8 Å². The first-order valence-corrected chi connectivity index (χ1v) is 22.6. The summed E-state index contributed by atoms with van der Waals surface area (Å²) < 4.78 is 14.8. The highest BCUT2D eigenvalue weighted by Gasteiger charge is 2.35. The van der Waals surface area contributed by atoms with Crippen molar-refractivity contribution in [3.05, 3.63) is 165 Å². The molecule has 2 aromatic heterocycles. The van der Waals surface area contributed by atoms with Crippen LogP contribution in [0.3, 0.4) is 0 Å². The lowest BCUT2D eigenvalue weighted by Gasteiger charge is -2.33. The van der Waals surface area contributed by atoms with Gasteiger partial charge in [-0.25, -0.2) is 9.97 Å². The highest BCUT2D eigenvalue weighted by molar-refractivity contribution is 5.99. The minimum atomic E-state index is 0.188. The molecule has 4 heterocycles. The fourth-order valence-electron chi connectivity index (χ4n) is 10.1. The van der Waals surface area contributed by atoms with Gasteiger partial charge in [0.1, 0.15) is 11.5 Å². The second-order valence-corrected chi connectivity index (χ2v) is 17.9. The average Bonchev–Trinajstić information content (AvgIpc) is 4.12. The van der Waals surface area contributed by atoms with Gasteiger partial charge in [-0.2, -0.15) is 0 Å². The number of methoxy groups -OCH3 is 2. The molecule has 64 heavy (non-hydrogen) atoms. The Morgan fingerprint density at radius 2 is 0.969 bits per heavy atom. The first kappa shape index (κ1) is 42.6. The zero-order chi connectivity index (χ0) is 44.5. The standard InChI is InChI=1S/2C27H29N3O2/c2*1-18-11-20(6-9-26(18)29-16-19(2)28-17-29)12-22-5-4-10-30(27(22)31)24-13-21-7-8-25(32-3)15-23(21)14-24/h2*6-9,11-12,15-17,24H,4-5,10,13-14H2,1-3H3/b2*22-12+/t2*24-/m10/s1. The number of imidazole rings is 2. The predicted octanol–water partition coefficient (Wildman–Crippen LogP) is 9.34. The van der Waals surface area contributed by atoms with Gasteiger partial charge in [-0.15, -0.1) is 0 Å². The molecule has 2 saturated heterocycles. The summed E-state index contributed by atoms with van der Waals surface area (Å²) in [5.41, 5.74) is 15.8. The summed E-state index contributed by atoms with van der Waals surface area (Å²) in [5.74, 6) is 2.15. The Balaban J connectivity index is 0.000000162. The van der Waals surface area contributed by atoms with Crippen LogP contribution in [-0.2, 0) is 35.3 Å². The Labute approximate surface area is 376 Å². The molecule has 2 atom stereocenters. The van der Waals surface area contributed by atoms with Gasteiger partial charge in [-0.05, 0) is 184 Å². The molecule has 10 rings (SSSR count). The first-order chi connectivity index (χ1) is 31.0. The number of hydrogen-bond donors (Lipinski definition) is 0. The second-order valence-electron chi connectivity index (χ2n) is 17.9. The number of carbonyl (C=O) groups is 2. The van der Waals surface area contributed by atoms with Crippen molar-refractivity contribution in [3.8, 4) is 22.9 Å². The van der Waals surface area contributed by atoms with Crippen molar-refractivity contribution in [2.45, 2.75) is 91.1 Å². The van der Waals surface area contributed by atoms with Crippen LogP contribution in [0.2, 0.25) is 0 Å². The summed E-state index contributed by atoms with van der Waals surface area (Å²) in [5, 5.41) is 0. The van der Waals surface area contributed by atoms with Crippen LogP contribution in [-0.4, -0.2) is 80.1 Å². The van der Waals surface area contributed by atoms with Gasteiger partial charge in [-0.3, -0.25) is 9.59 Å². The second kappa shape index (κ2) is 18.2. The van der Waals surface area contributed by atoms with Crippen molar-refractivity contribution in [3.63, 3.8) is 0 Å². The maximum atomic E-state index is 13.4. The summed E-state index contributed by atoms with van der Waals surface area (Å²) in [6, 6.07) is 25.7. The highest BCUT2D eigenvalue weighted by Crippen LogP contribution is 2.34. The predicted molar refractivity (Wildman–Crippen MR) is 252 cm³/mol. The quantitative estimate of drug-likeness (QED) is 0.142. The zero-order valence-electron chi connectivity index (χ0n) is 37.9. The summed E-state index contributed by atoms with van der Waals surface area (Å²) >= 11 is 0. The maximum absolute atomic E-state index is 13.4. The van der Waals surface area contributed by atoms with Crippen molar-refractivity contribution < 1.29 is 19.1 Å². The Morgan fingerprint density at radius 3 is 1.34 bits per heavy atom. The Morgan fingerprint density at radius 1 is 0.547 bits per heavy atom. The molecule has 10 nitrogen and oxygen atoms in total. The molecule has 2 aliphatic heterocycles. The number of fused-ring (bicyclic) bond motifs is 2. The summed E-state index contributed by atoms with van der Waals surface area (Å²) in [7, 11) is 3.40. The number of amides is 2. The van der Waals surface area contributed by atoms with Gasteiger partial charge in [-0.1, -0.05) is 24.3 Å². The van der Waals surface area contributed by atoms with Crippen LogP contribution in [0.5, 0.6) is 11.5 Å². The van der Waals surface area contributed by atoms with Gasteiger partial charge in [0.25, 0.3) is 0 Å². The van der Waals surface area contributed by atoms with Crippen LogP contribution >= 0.6 is 0 Å². The molecule has 0 unspecified atom stereocenters. The largest absolute Gasteiger partial charge is 0.497 e. The van der Waals surface area contributed by atoms with Crippen LogP contribution in [0.4, 0.5) is 0 Å². The van der Waals surface area contributed by atoms with E-state index >= 15 is 0 Å². The molecule has 2 fully saturated rings. The Bertz CT molecular complexity index is 2600. The lowest BCUT2D eigenvalue weighted by atomic mass is 9.97. The Hall–Kier alpha value is -6.68. The number of likely N-dealkylation sites (tertiary alicyclic amines) is 2. The number of rotatable bonds is 8. The third-order valence-electron chi connectivity index (χ3n) is 13.4. The number of nitrogens with zero attached hydrogens (tertiary/aromatic N) is 6. The van der Waals surface area contributed by atoms with E-state index in [9.17, 15) is 9.59 Å². The molecule has 4 aromatic carbocycles. The number of piperidine rings is 2. The van der Waals surface area contributed by atoms with E-state index in [2.05, 4.69) is 106 Å². The monoisotopic (exact) mass is 854 g/mol.